The Labute approximate surface area is 115 Å². The molecule has 0 aliphatic carbocycles. The van der Waals surface area contributed by atoms with Crippen LogP contribution in [0.4, 0.5) is 5.82 Å². The summed E-state index contributed by atoms with van der Waals surface area (Å²) in [6.45, 7) is 5.51. The molecule has 1 saturated heterocycles. The minimum Gasteiger partial charge on any atom is -0.372 e. The van der Waals surface area contributed by atoms with Crippen LogP contribution in [0.25, 0.3) is 0 Å². The van der Waals surface area contributed by atoms with E-state index in [9.17, 15) is 8.42 Å². The minimum absolute atomic E-state index is 0.229. The highest BCUT2D eigenvalue weighted by Gasteiger charge is 2.33. The summed E-state index contributed by atoms with van der Waals surface area (Å²) in [5, 5.41) is 2.84. The van der Waals surface area contributed by atoms with E-state index in [0.717, 1.165) is 12.8 Å². The molecule has 0 spiro atoms. The van der Waals surface area contributed by atoms with E-state index in [1.807, 2.05) is 0 Å². The number of hydrogen-bond donors (Lipinski definition) is 1. The Kier molecular flexibility index (Phi) is 3.82. The average Bonchev–Trinajstić information content (AvgIpc) is 2.38. The summed E-state index contributed by atoms with van der Waals surface area (Å²) in [6, 6.07) is 3.26. The van der Waals surface area contributed by atoms with E-state index in [4.69, 9.17) is 0 Å². The van der Waals surface area contributed by atoms with Crippen molar-refractivity contribution in [2.45, 2.75) is 31.6 Å². The lowest BCUT2D eigenvalue weighted by Crippen LogP contribution is -2.41. The molecule has 2 rings (SSSR count). The van der Waals surface area contributed by atoms with Crippen LogP contribution in [0.5, 0.6) is 0 Å². The van der Waals surface area contributed by atoms with Crippen LogP contribution in [-0.2, 0) is 10.0 Å². The molecule has 1 aromatic rings. The second kappa shape index (κ2) is 5.09. The summed E-state index contributed by atoms with van der Waals surface area (Å²) < 4.78 is 26.8. The molecule has 2 heterocycles. The summed E-state index contributed by atoms with van der Waals surface area (Å²) >= 11 is 0. The van der Waals surface area contributed by atoms with E-state index in [0.29, 0.717) is 18.9 Å². The Morgan fingerprint density at radius 3 is 2.53 bits per heavy atom. The van der Waals surface area contributed by atoms with Crippen LogP contribution in [-0.4, -0.2) is 37.8 Å². The SMILES string of the molecule is CNc1ncccc1S(=O)(=O)N1CCC(C)(C)CC1. The lowest BCUT2D eigenvalue weighted by Gasteiger charge is -2.36. The van der Waals surface area contributed by atoms with Crippen molar-refractivity contribution in [1.29, 1.82) is 0 Å². The van der Waals surface area contributed by atoms with E-state index >= 15 is 0 Å². The number of sulfonamides is 1. The van der Waals surface area contributed by atoms with Crippen molar-refractivity contribution >= 4 is 15.8 Å². The fraction of sp³-hybridized carbons (Fsp3) is 0.615. The summed E-state index contributed by atoms with van der Waals surface area (Å²) in [6.07, 6.45) is 3.37. The molecule has 19 heavy (non-hydrogen) atoms. The van der Waals surface area contributed by atoms with Gasteiger partial charge in [0.15, 0.2) is 0 Å². The van der Waals surface area contributed by atoms with Crippen molar-refractivity contribution < 1.29 is 8.42 Å². The zero-order chi connectivity index (χ0) is 14.1. The van der Waals surface area contributed by atoms with Gasteiger partial charge in [0.1, 0.15) is 10.7 Å². The summed E-state index contributed by atoms with van der Waals surface area (Å²) in [5.41, 5.74) is 0.229. The lowest BCUT2D eigenvalue weighted by atomic mass is 9.83. The molecule has 1 aromatic heterocycles. The maximum atomic E-state index is 12.6. The van der Waals surface area contributed by atoms with Crippen molar-refractivity contribution in [1.82, 2.24) is 9.29 Å². The first-order chi connectivity index (χ1) is 8.87. The van der Waals surface area contributed by atoms with Crippen LogP contribution in [0.2, 0.25) is 0 Å². The summed E-state index contributed by atoms with van der Waals surface area (Å²) in [4.78, 5) is 4.33. The highest BCUT2D eigenvalue weighted by molar-refractivity contribution is 7.89. The molecule has 1 N–H and O–H groups in total. The van der Waals surface area contributed by atoms with E-state index in [-0.39, 0.29) is 10.3 Å². The molecule has 6 heteroatoms. The molecule has 0 atom stereocenters. The third kappa shape index (κ3) is 2.90. The van der Waals surface area contributed by atoms with E-state index in [1.54, 1.807) is 29.7 Å². The van der Waals surface area contributed by atoms with Gasteiger partial charge in [0, 0.05) is 26.3 Å². The van der Waals surface area contributed by atoms with E-state index in [2.05, 4.69) is 24.1 Å². The van der Waals surface area contributed by atoms with Crippen molar-refractivity contribution in [3.63, 3.8) is 0 Å². The fourth-order valence-corrected chi connectivity index (χ4v) is 3.85. The molecule has 0 radical (unpaired) electrons. The lowest BCUT2D eigenvalue weighted by molar-refractivity contribution is 0.196. The van der Waals surface area contributed by atoms with Gasteiger partial charge in [0.2, 0.25) is 10.0 Å². The van der Waals surface area contributed by atoms with Gasteiger partial charge in [-0.15, -0.1) is 0 Å². The summed E-state index contributed by atoms with van der Waals surface area (Å²) in [5.74, 6) is 0.410. The number of rotatable bonds is 3. The van der Waals surface area contributed by atoms with Crippen LogP contribution in [0.15, 0.2) is 23.2 Å². The Morgan fingerprint density at radius 1 is 1.32 bits per heavy atom. The van der Waals surface area contributed by atoms with E-state index in [1.165, 1.54) is 0 Å². The monoisotopic (exact) mass is 283 g/mol. The largest absolute Gasteiger partial charge is 0.372 e. The Hall–Kier alpha value is -1.14. The molecule has 0 bridgehead atoms. The van der Waals surface area contributed by atoms with Gasteiger partial charge < -0.3 is 5.32 Å². The molecule has 5 nitrogen and oxygen atoms in total. The number of pyridine rings is 1. The van der Waals surface area contributed by atoms with Crippen molar-refractivity contribution in [2.75, 3.05) is 25.5 Å². The van der Waals surface area contributed by atoms with E-state index < -0.39 is 10.0 Å². The molecule has 0 amide bonds. The van der Waals surface area contributed by atoms with Gasteiger partial charge in [-0.25, -0.2) is 13.4 Å². The van der Waals surface area contributed by atoms with Gasteiger partial charge in [-0.2, -0.15) is 4.31 Å². The van der Waals surface area contributed by atoms with Gasteiger partial charge in [-0.3, -0.25) is 0 Å². The third-order valence-electron chi connectivity index (χ3n) is 3.70. The Balaban J connectivity index is 2.28. The molecule has 0 aromatic carbocycles. The normalized spacial score (nSPS) is 20.2. The minimum atomic E-state index is -3.45. The third-order valence-corrected chi connectivity index (χ3v) is 5.63. The zero-order valence-electron chi connectivity index (χ0n) is 11.7. The number of piperidine rings is 1. The standard InChI is InChI=1S/C13H21N3O2S/c1-13(2)6-9-16(10-7-13)19(17,18)11-5-4-8-15-12(11)14-3/h4-5,8H,6-7,9-10H2,1-3H3,(H,14,15). The molecule has 1 aliphatic rings. The van der Waals surface area contributed by atoms with Crippen LogP contribution < -0.4 is 5.32 Å². The average molecular weight is 283 g/mol. The smallest absolute Gasteiger partial charge is 0.246 e. The quantitative estimate of drug-likeness (QED) is 0.921. The number of aromatic nitrogens is 1. The second-order valence-electron chi connectivity index (χ2n) is 5.67. The molecule has 0 saturated carbocycles. The Morgan fingerprint density at radius 2 is 1.95 bits per heavy atom. The van der Waals surface area contributed by atoms with Crippen LogP contribution in [0.1, 0.15) is 26.7 Å². The van der Waals surface area contributed by atoms with Gasteiger partial charge in [0.25, 0.3) is 0 Å². The van der Waals surface area contributed by atoms with Crippen molar-refractivity contribution in [3.05, 3.63) is 18.3 Å². The van der Waals surface area contributed by atoms with Crippen molar-refractivity contribution in [2.24, 2.45) is 5.41 Å². The zero-order valence-corrected chi connectivity index (χ0v) is 12.5. The second-order valence-corrected chi connectivity index (χ2v) is 7.57. The maximum absolute atomic E-state index is 12.6. The molecule has 0 unspecified atom stereocenters. The number of nitrogens with one attached hydrogen (secondary N) is 1. The Bertz CT molecular complexity index is 545. The topological polar surface area (TPSA) is 62.3 Å². The van der Waals surface area contributed by atoms with Crippen molar-refractivity contribution in [3.8, 4) is 0 Å². The highest BCUT2D eigenvalue weighted by Crippen LogP contribution is 2.33. The molecular formula is C13H21N3O2S. The first kappa shape index (κ1) is 14.3. The van der Waals surface area contributed by atoms with Gasteiger partial charge in [-0.1, -0.05) is 13.8 Å². The predicted octanol–water partition coefficient (Wildman–Crippen LogP) is 1.93. The van der Waals surface area contributed by atoms with Crippen LogP contribution >= 0.6 is 0 Å². The first-order valence-electron chi connectivity index (χ1n) is 6.50. The first-order valence-corrected chi connectivity index (χ1v) is 7.94. The fourth-order valence-electron chi connectivity index (χ4n) is 2.26. The van der Waals surface area contributed by atoms with Gasteiger partial charge in [0.05, 0.1) is 0 Å². The summed E-state index contributed by atoms with van der Waals surface area (Å²) in [7, 11) is -1.77. The number of hydrogen-bond acceptors (Lipinski definition) is 4. The van der Waals surface area contributed by atoms with Crippen LogP contribution in [0.3, 0.4) is 0 Å². The van der Waals surface area contributed by atoms with Crippen LogP contribution in [0, 0.1) is 5.41 Å². The maximum Gasteiger partial charge on any atom is 0.246 e. The molecular weight excluding hydrogens is 262 g/mol. The molecule has 1 aliphatic heterocycles. The van der Waals surface area contributed by atoms with Gasteiger partial charge >= 0.3 is 0 Å². The predicted molar refractivity (Wildman–Crippen MR) is 75.6 cm³/mol. The number of anilines is 1. The van der Waals surface area contributed by atoms with Gasteiger partial charge in [-0.05, 0) is 30.4 Å². The number of nitrogens with zero attached hydrogens (tertiary/aromatic N) is 2. The highest BCUT2D eigenvalue weighted by atomic mass is 32.2. The molecule has 1 fully saturated rings. The molecule has 106 valence electrons.